The van der Waals surface area contributed by atoms with Crippen molar-refractivity contribution in [1.82, 2.24) is 0 Å². The van der Waals surface area contributed by atoms with Gasteiger partial charge < -0.3 is 9.47 Å². The van der Waals surface area contributed by atoms with Crippen molar-refractivity contribution in [3.63, 3.8) is 0 Å². The van der Waals surface area contributed by atoms with Gasteiger partial charge in [-0.1, -0.05) is 12.1 Å². The Hall–Kier alpha value is -0.640. The second-order valence-corrected chi connectivity index (χ2v) is 3.84. The normalized spacial score (nSPS) is 29.1. The molecule has 0 saturated carbocycles. The van der Waals surface area contributed by atoms with Crippen molar-refractivity contribution in [2.75, 3.05) is 13.0 Å². The quantitative estimate of drug-likeness (QED) is 0.586. The standard InChI is InChI=1S/C11H12ClFO2/c1-14-11(10(15-11)6-7-12)8-2-4-9(13)5-3-8/h2-5,10H,6-7H2,1H3. The van der Waals surface area contributed by atoms with Gasteiger partial charge in [0.2, 0.25) is 5.79 Å². The van der Waals surface area contributed by atoms with E-state index in [9.17, 15) is 4.39 Å². The number of halogens is 2. The molecular formula is C11H12ClFO2. The summed E-state index contributed by atoms with van der Waals surface area (Å²) in [5.41, 5.74) is 0.835. The zero-order valence-corrected chi connectivity index (χ0v) is 9.13. The molecule has 15 heavy (non-hydrogen) atoms. The van der Waals surface area contributed by atoms with E-state index in [1.807, 2.05) is 0 Å². The molecule has 0 aliphatic carbocycles. The van der Waals surface area contributed by atoms with Crippen LogP contribution in [0.4, 0.5) is 4.39 Å². The van der Waals surface area contributed by atoms with Crippen molar-refractivity contribution in [3.05, 3.63) is 35.6 Å². The molecule has 1 heterocycles. The summed E-state index contributed by atoms with van der Waals surface area (Å²) in [6.45, 7) is 0. The lowest BCUT2D eigenvalue weighted by atomic mass is 10.1. The van der Waals surface area contributed by atoms with E-state index in [1.165, 1.54) is 12.1 Å². The van der Waals surface area contributed by atoms with E-state index < -0.39 is 5.79 Å². The lowest BCUT2D eigenvalue weighted by Gasteiger charge is -2.10. The molecule has 1 aromatic rings. The van der Waals surface area contributed by atoms with Crippen molar-refractivity contribution in [2.45, 2.75) is 18.3 Å². The third-order valence-electron chi connectivity index (χ3n) is 2.61. The van der Waals surface area contributed by atoms with Crippen molar-refractivity contribution in [3.8, 4) is 0 Å². The Morgan fingerprint density at radius 1 is 1.47 bits per heavy atom. The van der Waals surface area contributed by atoms with Crippen molar-refractivity contribution >= 4 is 11.6 Å². The molecule has 1 aromatic carbocycles. The van der Waals surface area contributed by atoms with Crippen molar-refractivity contribution < 1.29 is 13.9 Å². The van der Waals surface area contributed by atoms with Crippen LogP contribution in [0.15, 0.2) is 24.3 Å². The lowest BCUT2D eigenvalue weighted by Crippen LogP contribution is -2.15. The van der Waals surface area contributed by atoms with Crippen LogP contribution in [-0.2, 0) is 15.3 Å². The molecule has 0 amide bonds. The van der Waals surface area contributed by atoms with Gasteiger partial charge in [-0.15, -0.1) is 11.6 Å². The van der Waals surface area contributed by atoms with Gasteiger partial charge in [0.1, 0.15) is 11.9 Å². The van der Waals surface area contributed by atoms with Crippen LogP contribution in [0.5, 0.6) is 0 Å². The molecule has 1 saturated heterocycles. The first-order valence-corrected chi connectivity index (χ1v) is 5.31. The second kappa shape index (κ2) is 4.08. The fourth-order valence-corrected chi connectivity index (χ4v) is 1.96. The van der Waals surface area contributed by atoms with E-state index in [1.54, 1.807) is 19.2 Å². The third-order valence-corrected chi connectivity index (χ3v) is 2.82. The summed E-state index contributed by atoms with van der Waals surface area (Å²) in [5.74, 6) is -0.445. The van der Waals surface area contributed by atoms with Gasteiger partial charge in [-0.05, 0) is 18.6 Å². The van der Waals surface area contributed by atoms with Gasteiger partial charge in [-0.2, -0.15) is 0 Å². The molecular weight excluding hydrogens is 219 g/mol. The number of rotatable bonds is 4. The largest absolute Gasteiger partial charge is 0.347 e. The van der Waals surface area contributed by atoms with Crippen LogP contribution in [0.25, 0.3) is 0 Å². The Labute approximate surface area is 92.9 Å². The van der Waals surface area contributed by atoms with Crippen LogP contribution in [-0.4, -0.2) is 19.1 Å². The van der Waals surface area contributed by atoms with Gasteiger partial charge in [0.05, 0.1) is 0 Å². The summed E-state index contributed by atoms with van der Waals surface area (Å²) in [5, 5.41) is 0. The molecule has 1 aliphatic rings. The minimum atomic E-state index is -0.706. The first kappa shape index (κ1) is 10.9. The molecule has 0 N–H and O–H groups in total. The summed E-state index contributed by atoms with van der Waals surface area (Å²) in [4.78, 5) is 0. The third kappa shape index (κ3) is 1.87. The van der Waals surface area contributed by atoms with Crippen LogP contribution in [0.3, 0.4) is 0 Å². The fourth-order valence-electron chi connectivity index (χ4n) is 1.76. The van der Waals surface area contributed by atoms with Gasteiger partial charge in [0.15, 0.2) is 0 Å². The van der Waals surface area contributed by atoms with Crippen molar-refractivity contribution in [2.24, 2.45) is 0 Å². The zero-order chi connectivity index (χ0) is 10.9. The second-order valence-electron chi connectivity index (χ2n) is 3.46. The van der Waals surface area contributed by atoms with Gasteiger partial charge in [0, 0.05) is 18.6 Å². The molecule has 0 aromatic heterocycles. The highest BCUT2D eigenvalue weighted by molar-refractivity contribution is 6.17. The molecule has 0 spiro atoms. The highest BCUT2D eigenvalue weighted by atomic mass is 35.5. The summed E-state index contributed by atoms with van der Waals surface area (Å²) >= 11 is 5.64. The molecule has 2 atom stereocenters. The minimum absolute atomic E-state index is 0.0227. The van der Waals surface area contributed by atoms with Crippen LogP contribution < -0.4 is 0 Å². The number of epoxide rings is 1. The van der Waals surface area contributed by atoms with E-state index in [0.717, 1.165) is 12.0 Å². The summed E-state index contributed by atoms with van der Waals surface area (Å²) in [7, 11) is 1.58. The smallest absolute Gasteiger partial charge is 0.222 e. The van der Waals surface area contributed by atoms with E-state index in [4.69, 9.17) is 21.1 Å². The Balaban J connectivity index is 2.18. The van der Waals surface area contributed by atoms with Crippen LogP contribution in [0, 0.1) is 5.82 Å². The van der Waals surface area contributed by atoms with E-state index in [0.29, 0.717) is 5.88 Å². The monoisotopic (exact) mass is 230 g/mol. The number of alkyl halides is 1. The topological polar surface area (TPSA) is 21.8 Å². The van der Waals surface area contributed by atoms with E-state index in [-0.39, 0.29) is 11.9 Å². The van der Waals surface area contributed by atoms with Crippen LogP contribution >= 0.6 is 11.6 Å². The number of ether oxygens (including phenoxy) is 2. The average molecular weight is 231 g/mol. The molecule has 1 fully saturated rings. The van der Waals surface area contributed by atoms with E-state index in [2.05, 4.69) is 0 Å². The number of hydrogen-bond donors (Lipinski definition) is 0. The first-order valence-electron chi connectivity index (χ1n) is 4.78. The Bertz CT molecular complexity index is 341. The predicted octanol–water partition coefficient (Wildman–Crippen LogP) is 2.65. The molecule has 1 aliphatic heterocycles. The highest BCUT2D eigenvalue weighted by Crippen LogP contribution is 2.48. The Morgan fingerprint density at radius 3 is 2.67 bits per heavy atom. The molecule has 2 unspecified atom stereocenters. The van der Waals surface area contributed by atoms with Crippen LogP contribution in [0.2, 0.25) is 0 Å². The molecule has 82 valence electrons. The zero-order valence-electron chi connectivity index (χ0n) is 8.37. The SMILES string of the molecule is COC1(c2ccc(F)cc2)OC1CCCl. The first-order chi connectivity index (χ1) is 7.23. The number of benzene rings is 1. The average Bonchev–Trinajstić information content (AvgIpc) is 2.95. The summed E-state index contributed by atoms with van der Waals surface area (Å²) in [6.07, 6.45) is 0.706. The molecule has 2 nitrogen and oxygen atoms in total. The van der Waals surface area contributed by atoms with E-state index >= 15 is 0 Å². The fraction of sp³-hybridized carbons (Fsp3) is 0.455. The maximum atomic E-state index is 12.7. The molecule has 0 bridgehead atoms. The lowest BCUT2D eigenvalue weighted by molar-refractivity contribution is -0.0143. The van der Waals surface area contributed by atoms with Gasteiger partial charge in [0.25, 0.3) is 0 Å². The van der Waals surface area contributed by atoms with Crippen molar-refractivity contribution in [1.29, 1.82) is 0 Å². The Morgan fingerprint density at radius 2 is 2.13 bits per heavy atom. The molecule has 2 rings (SSSR count). The molecule has 0 radical (unpaired) electrons. The minimum Gasteiger partial charge on any atom is -0.347 e. The van der Waals surface area contributed by atoms with Gasteiger partial charge >= 0.3 is 0 Å². The highest BCUT2D eigenvalue weighted by Gasteiger charge is 2.58. The summed E-state index contributed by atoms with van der Waals surface area (Å²) in [6, 6.07) is 6.14. The molecule has 4 heteroatoms. The van der Waals surface area contributed by atoms with Gasteiger partial charge in [-0.3, -0.25) is 0 Å². The van der Waals surface area contributed by atoms with Gasteiger partial charge in [-0.25, -0.2) is 4.39 Å². The Kier molecular flexibility index (Phi) is 2.96. The maximum absolute atomic E-state index is 12.7. The summed E-state index contributed by atoms with van der Waals surface area (Å²) < 4.78 is 23.6. The maximum Gasteiger partial charge on any atom is 0.222 e. The predicted molar refractivity (Wildman–Crippen MR) is 55.3 cm³/mol. The number of hydrogen-bond acceptors (Lipinski definition) is 2. The number of methoxy groups -OCH3 is 1. The van der Waals surface area contributed by atoms with Crippen LogP contribution in [0.1, 0.15) is 12.0 Å².